The molecule has 0 aliphatic rings. The zero-order chi connectivity index (χ0) is 13.4. The SMILES string of the molecule is CCNCc1ccc(OC)cc1OCC(C)CC. The van der Waals surface area contributed by atoms with Gasteiger partial charge in [0.05, 0.1) is 13.7 Å². The highest BCUT2D eigenvalue weighted by atomic mass is 16.5. The Morgan fingerprint density at radius 1 is 1.28 bits per heavy atom. The molecule has 3 heteroatoms. The molecule has 0 spiro atoms. The van der Waals surface area contributed by atoms with E-state index in [0.29, 0.717) is 5.92 Å². The number of benzene rings is 1. The maximum Gasteiger partial charge on any atom is 0.127 e. The van der Waals surface area contributed by atoms with E-state index in [1.165, 1.54) is 5.56 Å². The molecule has 0 heterocycles. The van der Waals surface area contributed by atoms with Crippen LogP contribution >= 0.6 is 0 Å². The van der Waals surface area contributed by atoms with E-state index in [9.17, 15) is 0 Å². The van der Waals surface area contributed by atoms with Gasteiger partial charge >= 0.3 is 0 Å². The van der Waals surface area contributed by atoms with E-state index in [-0.39, 0.29) is 0 Å². The van der Waals surface area contributed by atoms with Crippen LogP contribution in [0.25, 0.3) is 0 Å². The van der Waals surface area contributed by atoms with Gasteiger partial charge in [0.1, 0.15) is 11.5 Å². The Labute approximate surface area is 110 Å². The summed E-state index contributed by atoms with van der Waals surface area (Å²) in [6.07, 6.45) is 1.13. The van der Waals surface area contributed by atoms with E-state index in [1.807, 2.05) is 12.1 Å². The van der Waals surface area contributed by atoms with Crippen molar-refractivity contribution in [2.45, 2.75) is 33.7 Å². The zero-order valence-electron chi connectivity index (χ0n) is 12.0. The minimum absolute atomic E-state index is 0.572. The van der Waals surface area contributed by atoms with Crippen LogP contribution in [0.4, 0.5) is 0 Å². The second-order valence-electron chi connectivity index (χ2n) is 4.58. The Kier molecular flexibility index (Phi) is 6.58. The first-order chi connectivity index (χ1) is 8.71. The van der Waals surface area contributed by atoms with Crippen LogP contribution in [0, 0.1) is 5.92 Å². The summed E-state index contributed by atoms with van der Waals surface area (Å²) in [6.45, 7) is 9.02. The predicted octanol–water partition coefficient (Wildman–Crippen LogP) is 3.23. The molecule has 1 atom stereocenters. The first kappa shape index (κ1) is 14.8. The number of ether oxygens (including phenoxy) is 2. The van der Waals surface area contributed by atoms with Crippen LogP contribution in [-0.2, 0) is 6.54 Å². The Morgan fingerprint density at radius 3 is 2.67 bits per heavy atom. The molecule has 1 aromatic rings. The van der Waals surface area contributed by atoms with Gasteiger partial charge in [-0.25, -0.2) is 0 Å². The molecule has 1 unspecified atom stereocenters. The van der Waals surface area contributed by atoms with E-state index >= 15 is 0 Å². The summed E-state index contributed by atoms with van der Waals surface area (Å²) in [5, 5.41) is 3.32. The number of nitrogens with one attached hydrogen (secondary N) is 1. The highest BCUT2D eigenvalue weighted by Gasteiger charge is 2.07. The molecular weight excluding hydrogens is 226 g/mol. The maximum absolute atomic E-state index is 5.91. The average molecular weight is 251 g/mol. The minimum atomic E-state index is 0.572. The van der Waals surface area contributed by atoms with Crippen LogP contribution in [-0.4, -0.2) is 20.3 Å². The lowest BCUT2D eigenvalue weighted by Gasteiger charge is -2.15. The molecule has 0 bridgehead atoms. The molecule has 1 N–H and O–H groups in total. The van der Waals surface area contributed by atoms with Crippen molar-refractivity contribution in [1.82, 2.24) is 5.32 Å². The fourth-order valence-electron chi connectivity index (χ4n) is 1.55. The molecular formula is C15H25NO2. The molecule has 0 radical (unpaired) electrons. The number of rotatable bonds is 8. The average Bonchev–Trinajstić information content (AvgIpc) is 2.42. The standard InChI is InChI=1S/C15H25NO2/c1-5-12(3)11-18-15-9-14(17-4)8-7-13(15)10-16-6-2/h7-9,12,16H,5-6,10-11H2,1-4H3. The molecule has 3 nitrogen and oxygen atoms in total. The molecule has 18 heavy (non-hydrogen) atoms. The highest BCUT2D eigenvalue weighted by molar-refractivity contribution is 5.40. The fraction of sp³-hybridized carbons (Fsp3) is 0.600. The Bertz CT molecular complexity index is 352. The summed E-state index contributed by atoms with van der Waals surface area (Å²) >= 11 is 0. The van der Waals surface area contributed by atoms with Crippen LogP contribution in [0.15, 0.2) is 18.2 Å². The van der Waals surface area contributed by atoms with E-state index in [0.717, 1.165) is 37.6 Å². The second kappa shape index (κ2) is 7.98. The summed E-state index contributed by atoms with van der Waals surface area (Å²) < 4.78 is 11.2. The second-order valence-corrected chi connectivity index (χ2v) is 4.58. The van der Waals surface area contributed by atoms with Crippen LogP contribution in [0.5, 0.6) is 11.5 Å². The lowest BCUT2D eigenvalue weighted by molar-refractivity contribution is 0.252. The molecule has 0 saturated heterocycles. The van der Waals surface area contributed by atoms with Gasteiger partial charge in [-0.3, -0.25) is 0 Å². The van der Waals surface area contributed by atoms with E-state index < -0.39 is 0 Å². The third-order valence-electron chi connectivity index (χ3n) is 3.06. The minimum Gasteiger partial charge on any atom is -0.497 e. The Balaban J connectivity index is 2.75. The van der Waals surface area contributed by atoms with Gasteiger partial charge in [-0.05, 0) is 18.5 Å². The quantitative estimate of drug-likeness (QED) is 0.769. The Hall–Kier alpha value is -1.22. The van der Waals surface area contributed by atoms with Crippen LogP contribution < -0.4 is 14.8 Å². The topological polar surface area (TPSA) is 30.5 Å². The molecule has 1 aromatic carbocycles. The van der Waals surface area contributed by atoms with Crippen molar-refractivity contribution in [3.05, 3.63) is 23.8 Å². The zero-order valence-corrected chi connectivity index (χ0v) is 12.0. The summed E-state index contributed by atoms with van der Waals surface area (Å²) in [5.74, 6) is 2.34. The fourth-order valence-corrected chi connectivity index (χ4v) is 1.55. The summed E-state index contributed by atoms with van der Waals surface area (Å²) in [4.78, 5) is 0. The number of hydrogen-bond acceptors (Lipinski definition) is 3. The largest absolute Gasteiger partial charge is 0.497 e. The van der Waals surface area contributed by atoms with Crippen molar-refractivity contribution < 1.29 is 9.47 Å². The van der Waals surface area contributed by atoms with E-state index in [4.69, 9.17) is 9.47 Å². The smallest absolute Gasteiger partial charge is 0.127 e. The van der Waals surface area contributed by atoms with E-state index in [2.05, 4.69) is 32.2 Å². The van der Waals surface area contributed by atoms with Gasteiger partial charge in [0.15, 0.2) is 0 Å². The number of hydrogen-bond donors (Lipinski definition) is 1. The molecule has 0 saturated carbocycles. The normalized spacial score (nSPS) is 12.2. The van der Waals surface area contributed by atoms with Crippen LogP contribution in [0.1, 0.15) is 32.8 Å². The molecule has 1 rings (SSSR count). The van der Waals surface area contributed by atoms with Gasteiger partial charge < -0.3 is 14.8 Å². The van der Waals surface area contributed by atoms with Crippen molar-refractivity contribution in [1.29, 1.82) is 0 Å². The summed E-state index contributed by atoms with van der Waals surface area (Å²) in [6, 6.07) is 6.01. The molecule has 0 aliphatic carbocycles. The van der Waals surface area contributed by atoms with Gasteiger partial charge in [0, 0.05) is 18.2 Å². The first-order valence-electron chi connectivity index (χ1n) is 6.71. The van der Waals surface area contributed by atoms with Crippen molar-refractivity contribution in [2.24, 2.45) is 5.92 Å². The van der Waals surface area contributed by atoms with Gasteiger partial charge in [0.2, 0.25) is 0 Å². The van der Waals surface area contributed by atoms with Crippen molar-refractivity contribution in [2.75, 3.05) is 20.3 Å². The van der Waals surface area contributed by atoms with E-state index in [1.54, 1.807) is 7.11 Å². The predicted molar refractivity (Wildman–Crippen MR) is 75.3 cm³/mol. The molecule has 102 valence electrons. The summed E-state index contributed by atoms with van der Waals surface area (Å²) in [7, 11) is 1.68. The first-order valence-corrected chi connectivity index (χ1v) is 6.71. The molecule has 0 amide bonds. The lowest BCUT2D eigenvalue weighted by Crippen LogP contribution is -2.14. The lowest BCUT2D eigenvalue weighted by atomic mass is 10.1. The number of methoxy groups -OCH3 is 1. The monoisotopic (exact) mass is 251 g/mol. The highest BCUT2D eigenvalue weighted by Crippen LogP contribution is 2.25. The molecule has 0 fully saturated rings. The van der Waals surface area contributed by atoms with Crippen molar-refractivity contribution in [3.63, 3.8) is 0 Å². The summed E-state index contributed by atoms with van der Waals surface area (Å²) in [5.41, 5.74) is 1.18. The van der Waals surface area contributed by atoms with Crippen molar-refractivity contribution >= 4 is 0 Å². The van der Waals surface area contributed by atoms with Gasteiger partial charge in [-0.15, -0.1) is 0 Å². The maximum atomic E-state index is 5.91. The van der Waals surface area contributed by atoms with Gasteiger partial charge in [-0.2, -0.15) is 0 Å². The van der Waals surface area contributed by atoms with Crippen molar-refractivity contribution in [3.8, 4) is 11.5 Å². The Morgan fingerprint density at radius 2 is 2.06 bits per heavy atom. The molecule has 0 aromatic heterocycles. The third-order valence-corrected chi connectivity index (χ3v) is 3.06. The van der Waals surface area contributed by atoms with Crippen LogP contribution in [0.3, 0.4) is 0 Å². The molecule has 0 aliphatic heterocycles. The van der Waals surface area contributed by atoms with Gasteiger partial charge in [0.25, 0.3) is 0 Å². The third kappa shape index (κ3) is 4.57. The van der Waals surface area contributed by atoms with Gasteiger partial charge in [-0.1, -0.05) is 33.3 Å². The van der Waals surface area contributed by atoms with Crippen LogP contribution in [0.2, 0.25) is 0 Å².